The standard InChI is InChI=1S/C14H19BrN2S2/c1-19-14(13(16)18)6-8-17(9-7-14)10-11-2-4-12(15)5-3-11/h2-5H,6-10H2,1H3,(H2,16,18). The van der Waals surface area contributed by atoms with Gasteiger partial charge in [0.2, 0.25) is 0 Å². The maximum atomic E-state index is 5.91. The summed E-state index contributed by atoms with van der Waals surface area (Å²) in [4.78, 5) is 3.15. The normalized spacial score (nSPS) is 19.3. The molecule has 0 spiro atoms. The fourth-order valence-electron chi connectivity index (χ4n) is 2.47. The Morgan fingerprint density at radius 3 is 2.42 bits per heavy atom. The number of benzene rings is 1. The molecular weight excluding hydrogens is 340 g/mol. The number of nitrogens with zero attached hydrogens (tertiary/aromatic N) is 1. The molecule has 2 rings (SSSR count). The fraction of sp³-hybridized carbons (Fsp3) is 0.500. The second-order valence-electron chi connectivity index (χ2n) is 4.97. The molecule has 0 atom stereocenters. The van der Waals surface area contributed by atoms with Crippen LogP contribution < -0.4 is 5.73 Å². The molecule has 5 heteroatoms. The van der Waals surface area contributed by atoms with E-state index in [1.165, 1.54) is 5.56 Å². The van der Waals surface area contributed by atoms with Gasteiger partial charge in [-0.3, -0.25) is 4.90 Å². The Morgan fingerprint density at radius 2 is 1.95 bits per heavy atom. The van der Waals surface area contributed by atoms with Crippen LogP contribution in [0.4, 0.5) is 0 Å². The zero-order chi connectivity index (χ0) is 13.9. The smallest absolute Gasteiger partial charge is 0.0891 e. The summed E-state index contributed by atoms with van der Waals surface area (Å²) in [6.45, 7) is 3.14. The number of rotatable bonds is 4. The molecule has 1 aliphatic heterocycles. The Labute approximate surface area is 133 Å². The van der Waals surface area contributed by atoms with Gasteiger partial charge in [0.1, 0.15) is 0 Å². The van der Waals surface area contributed by atoms with Crippen LogP contribution in [0.15, 0.2) is 28.7 Å². The molecule has 0 bridgehead atoms. The molecule has 0 aliphatic carbocycles. The second-order valence-corrected chi connectivity index (χ2v) is 7.51. The van der Waals surface area contributed by atoms with Crippen LogP contribution in [0.1, 0.15) is 18.4 Å². The summed E-state index contributed by atoms with van der Waals surface area (Å²) in [5.41, 5.74) is 7.27. The van der Waals surface area contributed by atoms with Gasteiger partial charge in [-0.1, -0.05) is 40.3 Å². The van der Waals surface area contributed by atoms with Crippen LogP contribution in [0.3, 0.4) is 0 Å². The SMILES string of the molecule is CSC1(C(N)=S)CCN(Cc2ccc(Br)cc2)CC1. The van der Waals surface area contributed by atoms with Gasteiger partial charge in [-0.15, -0.1) is 0 Å². The number of thioether (sulfide) groups is 1. The van der Waals surface area contributed by atoms with Crippen LogP contribution in [0.2, 0.25) is 0 Å². The van der Waals surface area contributed by atoms with Crippen LogP contribution in [-0.4, -0.2) is 34.0 Å². The predicted octanol–water partition coefficient (Wildman–Crippen LogP) is 3.43. The number of piperidine rings is 1. The van der Waals surface area contributed by atoms with Crippen LogP contribution in [0.5, 0.6) is 0 Å². The van der Waals surface area contributed by atoms with E-state index in [2.05, 4.69) is 51.4 Å². The molecule has 2 nitrogen and oxygen atoms in total. The van der Waals surface area contributed by atoms with Gasteiger partial charge in [0, 0.05) is 24.1 Å². The van der Waals surface area contributed by atoms with E-state index in [1.54, 1.807) is 0 Å². The lowest BCUT2D eigenvalue weighted by Gasteiger charge is -2.40. The van der Waals surface area contributed by atoms with E-state index in [1.807, 2.05) is 11.8 Å². The Hall–Kier alpha value is -0.100. The molecular formula is C14H19BrN2S2. The van der Waals surface area contributed by atoms with Crippen LogP contribution in [0, 0.1) is 0 Å². The van der Waals surface area contributed by atoms with Gasteiger partial charge in [0.05, 0.1) is 9.74 Å². The summed E-state index contributed by atoms with van der Waals surface area (Å²) in [5.74, 6) is 0. The van der Waals surface area contributed by atoms with E-state index >= 15 is 0 Å². The van der Waals surface area contributed by atoms with E-state index in [0.717, 1.165) is 36.9 Å². The largest absolute Gasteiger partial charge is 0.392 e. The van der Waals surface area contributed by atoms with Crippen LogP contribution in [-0.2, 0) is 6.54 Å². The molecule has 0 saturated carbocycles. The van der Waals surface area contributed by atoms with Crippen molar-refractivity contribution in [3.8, 4) is 0 Å². The molecule has 104 valence electrons. The highest BCUT2D eigenvalue weighted by Crippen LogP contribution is 2.35. The summed E-state index contributed by atoms with van der Waals surface area (Å²) in [6.07, 6.45) is 4.23. The van der Waals surface area contributed by atoms with Crippen molar-refractivity contribution in [1.29, 1.82) is 0 Å². The monoisotopic (exact) mass is 358 g/mol. The van der Waals surface area contributed by atoms with Gasteiger partial charge in [0.25, 0.3) is 0 Å². The topological polar surface area (TPSA) is 29.3 Å². The van der Waals surface area contributed by atoms with Crippen molar-refractivity contribution in [2.75, 3.05) is 19.3 Å². The van der Waals surface area contributed by atoms with Gasteiger partial charge in [-0.25, -0.2) is 0 Å². The first-order chi connectivity index (χ1) is 9.05. The van der Waals surface area contributed by atoms with E-state index in [0.29, 0.717) is 4.99 Å². The Morgan fingerprint density at radius 1 is 1.37 bits per heavy atom. The highest BCUT2D eigenvalue weighted by molar-refractivity contribution is 9.10. The van der Waals surface area contributed by atoms with Crippen LogP contribution in [0.25, 0.3) is 0 Å². The average Bonchev–Trinajstić information content (AvgIpc) is 2.42. The molecule has 1 fully saturated rings. The minimum Gasteiger partial charge on any atom is -0.392 e. The van der Waals surface area contributed by atoms with Crippen molar-refractivity contribution in [3.63, 3.8) is 0 Å². The van der Waals surface area contributed by atoms with Crippen molar-refractivity contribution >= 4 is 44.9 Å². The van der Waals surface area contributed by atoms with Crippen molar-refractivity contribution < 1.29 is 0 Å². The molecule has 1 aliphatic rings. The third kappa shape index (κ3) is 3.72. The summed E-state index contributed by atoms with van der Waals surface area (Å²) in [5, 5.41) is 0. The zero-order valence-corrected chi connectivity index (χ0v) is 14.3. The number of thiocarbonyl (C=S) groups is 1. The zero-order valence-electron chi connectivity index (χ0n) is 11.1. The van der Waals surface area contributed by atoms with Crippen molar-refractivity contribution in [1.82, 2.24) is 4.90 Å². The average molecular weight is 359 g/mol. The highest BCUT2D eigenvalue weighted by atomic mass is 79.9. The second kappa shape index (κ2) is 6.57. The molecule has 0 amide bonds. The Balaban J connectivity index is 1.93. The quantitative estimate of drug-likeness (QED) is 0.834. The number of nitrogens with two attached hydrogens (primary N) is 1. The molecule has 1 aromatic rings. The molecule has 1 aromatic carbocycles. The van der Waals surface area contributed by atoms with E-state index in [4.69, 9.17) is 18.0 Å². The number of hydrogen-bond acceptors (Lipinski definition) is 3. The highest BCUT2D eigenvalue weighted by Gasteiger charge is 2.36. The lowest BCUT2D eigenvalue weighted by Crippen LogP contribution is -2.48. The first kappa shape index (κ1) is 15.3. The van der Waals surface area contributed by atoms with Gasteiger partial charge in [-0.05, 0) is 36.8 Å². The number of likely N-dealkylation sites (tertiary alicyclic amines) is 1. The van der Waals surface area contributed by atoms with Gasteiger partial charge < -0.3 is 5.73 Å². The maximum Gasteiger partial charge on any atom is 0.0891 e. The molecule has 0 unspecified atom stereocenters. The Bertz CT molecular complexity index is 439. The predicted molar refractivity (Wildman–Crippen MR) is 91.7 cm³/mol. The van der Waals surface area contributed by atoms with E-state index in [-0.39, 0.29) is 4.75 Å². The van der Waals surface area contributed by atoms with Crippen LogP contribution >= 0.6 is 39.9 Å². The summed E-state index contributed by atoms with van der Waals surface area (Å²) >= 11 is 10.5. The Kier molecular flexibility index (Phi) is 5.29. The fourth-order valence-corrected chi connectivity index (χ4v) is 3.98. The summed E-state index contributed by atoms with van der Waals surface area (Å²) in [7, 11) is 0. The molecule has 19 heavy (non-hydrogen) atoms. The minimum atomic E-state index is 0.0194. The molecule has 2 N–H and O–H groups in total. The lowest BCUT2D eigenvalue weighted by molar-refractivity contribution is 0.212. The van der Waals surface area contributed by atoms with Crippen molar-refractivity contribution in [3.05, 3.63) is 34.3 Å². The minimum absolute atomic E-state index is 0.0194. The summed E-state index contributed by atoms with van der Waals surface area (Å²) < 4.78 is 1.15. The van der Waals surface area contributed by atoms with Gasteiger partial charge >= 0.3 is 0 Å². The van der Waals surface area contributed by atoms with E-state index < -0.39 is 0 Å². The van der Waals surface area contributed by atoms with Gasteiger partial charge in [0.15, 0.2) is 0 Å². The molecule has 1 saturated heterocycles. The molecule has 1 heterocycles. The number of halogens is 1. The third-order valence-corrected chi connectivity index (χ3v) is 6.28. The first-order valence-corrected chi connectivity index (χ1v) is 8.80. The van der Waals surface area contributed by atoms with Crippen molar-refractivity contribution in [2.24, 2.45) is 5.73 Å². The third-order valence-electron chi connectivity index (χ3n) is 3.82. The maximum absolute atomic E-state index is 5.91. The van der Waals surface area contributed by atoms with E-state index in [9.17, 15) is 0 Å². The van der Waals surface area contributed by atoms with Crippen molar-refractivity contribution in [2.45, 2.75) is 24.1 Å². The number of hydrogen-bond donors (Lipinski definition) is 1. The molecule has 0 radical (unpaired) electrons. The van der Waals surface area contributed by atoms with Gasteiger partial charge in [-0.2, -0.15) is 11.8 Å². The first-order valence-electron chi connectivity index (χ1n) is 6.37. The molecule has 0 aromatic heterocycles. The lowest BCUT2D eigenvalue weighted by atomic mass is 9.95. The summed E-state index contributed by atoms with van der Waals surface area (Å²) in [6, 6.07) is 8.54.